The number of methoxy groups -OCH3 is 2. The number of nitrogens with one attached hydrogen (secondary N) is 3. The number of ether oxygens (including phenoxy) is 5. The SMILES string of the molecule is CC[C@H](C)[C@@H]([C@H](C=O)CC(=O)N1CCC[C@H]1[C@H](OC)[C@@H](C)C(=O)N[C@@H](Cc1ccccc1)C(=O)OCCOCCOCCOC)N(C)C(=O)[C@@H](NC(=O)[C@@H](NC)C(C)C)C(C)C. The Bertz CT molecular complexity index is 1520. The normalized spacial score (nSPS) is 18.0. The lowest BCUT2D eigenvalue weighted by Crippen LogP contribution is -2.58. The third-order valence-corrected chi connectivity index (χ3v) is 11.9. The molecular weight excluding hydrogens is 799 g/mol. The zero-order valence-electron chi connectivity index (χ0n) is 39.2. The Labute approximate surface area is 370 Å². The molecule has 3 N–H and O–H groups in total. The molecule has 1 fully saturated rings. The molecular formula is C46H77N5O11. The van der Waals surface area contributed by atoms with Crippen LogP contribution >= 0.6 is 0 Å². The molecule has 1 saturated heterocycles. The number of aldehydes is 1. The Kier molecular flexibility index (Phi) is 25.1. The van der Waals surface area contributed by atoms with Gasteiger partial charge in [-0.15, -0.1) is 0 Å². The van der Waals surface area contributed by atoms with Gasteiger partial charge in [0.2, 0.25) is 23.6 Å². The highest BCUT2D eigenvalue weighted by Gasteiger charge is 2.43. The second kappa shape index (κ2) is 28.7. The maximum Gasteiger partial charge on any atom is 0.329 e. The number of carbonyl (C=O) groups is 6. The maximum atomic E-state index is 14.3. The van der Waals surface area contributed by atoms with E-state index in [0.717, 1.165) is 11.8 Å². The molecule has 0 unspecified atom stereocenters. The number of hydrogen-bond donors (Lipinski definition) is 3. The first-order valence-electron chi connectivity index (χ1n) is 22.2. The van der Waals surface area contributed by atoms with Gasteiger partial charge in [-0.3, -0.25) is 19.2 Å². The van der Waals surface area contributed by atoms with Gasteiger partial charge in [0, 0.05) is 52.6 Å². The van der Waals surface area contributed by atoms with Gasteiger partial charge in [0.1, 0.15) is 25.0 Å². The van der Waals surface area contributed by atoms with Gasteiger partial charge in [-0.1, -0.05) is 85.2 Å². The first-order valence-corrected chi connectivity index (χ1v) is 22.2. The van der Waals surface area contributed by atoms with Gasteiger partial charge >= 0.3 is 5.97 Å². The van der Waals surface area contributed by atoms with E-state index in [9.17, 15) is 28.8 Å². The molecule has 4 amide bonds. The van der Waals surface area contributed by atoms with Crippen LogP contribution in [0.4, 0.5) is 0 Å². The van der Waals surface area contributed by atoms with Gasteiger partial charge in [0.25, 0.3) is 0 Å². The molecule has 9 atom stereocenters. The van der Waals surface area contributed by atoms with Crippen LogP contribution in [0.2, 0.25) is 0 Å². The minimum Gasteiger partial charge on any atom is -0.462 e. The molecule has 0 radical (unpaired) electrons. The molecule has 2 rings (SSSR count). The molecule has 1 aromatic rings. The Balaban J connectivity index is 2.22. The molecule has 0 aliphatic carbocycles. The topological polar surface area (TPSA) is 191 Å². The third kappa shape index (κ3) is 16.6. The van der Waals surface area contributed by atoms with Gasteiger partial charge in [-0.2, -0.15) is 0 Å². The van der Waals surface area contributed by atoms with Crippen molar-refractivity contribution in [3.05, 3.63) is 35.9 Å². The van der Waals surface area contributed by atoms with Crippen molar-refractivity contribution in [3.63, 3.8) is 0 Å². The van der Waals surface area contributed by atoms with Crippen LogP contribution in [0.1, 0.15) is 79.7 Å². The lowest BCUT2D eigenvalue weighted by atomic mass is 9.84. The van der Waals surface area contributed by atoms with Crippen LogP contribution < -0.4 is 16.0 Å². The fraction of sp³-hybridized carbons (Fsp3) is 0.739. The number of nitrogens with zero attached hydrogens (tertiary/aromatic N) is 2. The van der Waals surface area contributed by atoms with Crippen molar-refractivity contribution in [3.8, 4) is 0 Å². The summed E-state index contributed by atoms with van der Waals surface area (Å²) in [7, 11) is 6.42. The lowest BCUT2D eigenvalue weighted by molar-refractivity contribution is -0.151. The van der Waals surface area contributed by atoms with E-state index in [1.165, 1.54) is 12.0 Å². The van der Waals surface area contributed by atoms with Crippen molar-refractivity contribution in [2.75, 3.05) is 74.5 Å². The summed E-state index contributed by atoms with van der Waals surface area (Å²) in [6.45, 7) is 15.4. The average molecular weight is 876 g/mol. The van der Waals surface area contributed by atoms with Crippen LogP contribution in [0.5, 0.6) is 0 Å². The Morgan fingerprint density at radius 3 is 2.02 bits per heavy atom. The van der Waals surface area contributed by atoms with Crippen molar-refractivity contribution in [1.29, 1.82) is 0 Å². The third-order valence-electron chi connectivity index (χ3n) is 11.9. The zero-order valence-corrected chi connectivity index (χ0v) is 39.2. The largest absolute Gasteiger partial charge is 0.462 e. The average Bonchev–Trinajstić information content (AvgIpc) is 3.74. The van der Waals surface area contributed by atoms with Gasteiger partial charge in [-0.05, 0) is 43.2 Å². The first kappa shape index (κ1) is 54.2. The van der Waals surface area contributed by atoms with E-state index in [0.29, 0.717) is 52.2 Å². The van der Waals surface area contributed by atoms with Gasteiger partial charge in [0.05, 0.1) is 57.1 Å². The molecule has 0 spiro atoms. The van der Waals surface area contributed by atoms with E-state index >= 15 is 0 Å². The molecule has 1 aliphatic heterocycles. The van der Waals surface area contributed by atoms with Crippen molar-refractivity contribution >= 4 is 35.9 Å². The summed E-state index contributed by atoms with van der Waals surface area (Å²) < 4.78 is 27.3. The van der Waals surface area contributed by atoms with Gasteiger partial charge in [0.15, 0.2) is 0 Å². The van der Waals surface area contributed by atoms with Crippen LogP contribution in [0, 0.1) is 29.6 Å². The molecule has 1 heterocycles. The molecule has 16 heteroatoms. The number of benzene rings is 1. The molecule has 16 nitrogen and oxygen atoms in total. The van der Waals surface area contributed by atoms with Gasteiger partial charge < -0.3 is 54.2 Å². The summed E-state index contributed by atoms with van der Waals surface area (Å²) in [5, 5.41) is 8.85. The summed E-state index contributed by atoms with van der Waals surface area (Å²) >= 11 is 0. The fourth-order valence-electron chi connectivity index (χ4n) is 8.19. The Morgan fingerprint density at radius 1 is 0.855 bits per heavy atom. The van der Waals surface area contributed by atoms with E-state index in [4.69, 9.17) is 23.7 Å². The van der Waals surface area contributed by atoms with E-state index in [-0.39, 0.29) is 61.5 Å². The van der Waals surface area contributed by atoms with Crippen molar-refractivity contribution < 1.29 is 52.5 Å². The first-order chi connectivity index (χ1) is 29.6. The van der Waals surface area contributed by atoms with E-state index in [2.05, 4.69) is 16.0 Å². The van der Waals surface area contributed by atoms with Gasteiger partial charge in [-0.25, -0.2) is 4.79 Å². The standard InChI is InChI=1S/C46H77N5O11/c1-12-32(6)41(50(9)45(56)40(31(4)5)49-44(55)39(47-8)30(2)3)35(29-52)28-38(53)51-20-16-19-37(51)42(59-11)33(7)43(54)48-36(27-34-17-14-13-15-18-34)46(57)62-26-25-61-24-23-60-22-21-58-10/h13-15,17-18,29-33,35-37,39-42,47H,12,16,19-28H2,1-11H3,(H,48,54)(H,49,55)/t32-,33+,35-,36-,37-,39-,40-,41-,42+/m0/s1. The molecule has 62 heavy (non-hydrogen) atoms. The second-order valence-electron chi connectivity index (χ2n) is 17.0. The van der Waals surface area contributed by atoms with E-state index in [1.54, 1.807) is 33.0 Å². The summed E-state index contributed by atoms with van der Waals surface area (Å²) in [5.74, 6) is -4.01. The predicted molar refractivity (Wildman–Crippen MR) is 236 cm³/mol. The van der Waals surface area contributed by atoms with E-state index < -0.39 is 60.0 Å². The number of amides is 4. The highest BCUT2D eigenvalue weighted by atomic mass is 16.6. The molecule has 0 bridgehead atoms. The number of esters is 1. The van der Waals surface area contributed by atoms with Crippen LogP contribution in [0.15, 0.2) is 30.3 Å². The summed E-state index contributed by atoms with van der Waals surface area (Å²) in [4.78, 5) is 85.2. The van der Waals surface area contributed by atoms with E-state index in [1.807, 2.05) is 71.9 Å². The number of likely N-dealkylation sites (N-methyl/N-ethyl adjacent to an activating group) is 2. The monoisotopic (exact) mass is 876 g/mol. The highest BCUT2D eigenvalue weighted by molar-refractivity contribution is 5.90. The molecule has 0 aromatic heterocycles. The van der Waals surface area contributed by atoms with Crippen LogP contribution in [0.25, 0.3) is 0 Å². The summed E-state index contributed by atoms with van der Waals surface area (Å²) in [6, 6.07) is 5.83. The molecule has 1 aromatic carbocycles. The van der Waals surface area contributed by atoms with Crippen LogP contribution in [-0.2, 0) is 58.9 Å². The van der Waals surface area contributed by atoms with Crippen LogP contribution in [-0.4, -0.2) is 156 Å². The smallest absolute Gasteiger partial charge is 0.329 e. The zero-order chi connectivity index (χ0) is 46.4. The number of hydrogen-bond acceptors (Lipinski definition) is 12. The molecule has 1 aliphatic rings. The summed E-state index contributed by atoms with van der Waals surface area (Å²) in [6.07, 6.45) is 1.91. The summed E-state index contributed by atoms with van der Waals surface area (Å²) in [5.41, 5.74) is 0.827. The minimum absolute atomic E-state index is 0.0109. The van der Waals surface area contributed by atoms with Crippen LogP contribution in [0.3, 0.4) is 0 Å². The molecule has 352 valence electrons. The van der Waals surface area contributed by atoms with Crippen molar-refractivity contribution in [2.24, 2.45) is 29.6 Å². The van der Waals surface area contributed by atoms with Crippen molar-refractivity contribution in [1.82, 2.24) is 25.8 Å². The Hall–Kier alpha value is -3.96. The predicted octanol–water partition coefficient (Wildman–Crippen LogP) is 3.04. The van der Waals surface area contributed by atoms with Crippen molar-refractivity contribution in [2.45, 2.75) is 117 Å². The maximum absolute atomic E-state index is 14.3. The Morgan fingerprint density at radius 2 is 1.47 bits per heavy atom. The number of likely N-dealkylation sites (tertiary alicyclic amines) is 1. The minimum atomic E-state index is -1.00. The quantitative estimate of drug-likeness (QED) is 0.0583. The number of rotatable bonds is 30. The lowest BCUT2D eigenvalue weighted by Gasteiger charge is -2.40. The number of carbonyl (C=O) groups excluding carboxylic acids is 6. The fourth-order valence-corrected chi connectivity index (χ4v) is 8.19. The second-order valence-corrected chi connectivity index (χ2v) is 17.0. The highest BCUT2D eigenvalue weighted by Crippen LogP contribution is 2.30. The molecule has 0 saturated carbocycles.